The topological polar surface area (TPSA) is 54.1 Å². The number of fused-ring (bicyclic) bond motifs is 3. The van der Waals surface area contributed by atoms with E-state index < -0.39 is 0 Å². The monoisotopic (exact) mass is 230 g/mol. The van der Waals surface area contributed by atoms with Crippen molar-refractivity contribution in [3.8, 4) is 0 Å². The summed E-state index contributed by atoms with van der Waals surface area (Å²) in [7, 11) is 1.42. The van der Waals surface area contributed by atoms with Gasteiger partial charge in [0.05, 0.1) is 7.11 Å². The minimum atomic E-state index is -0.365. The van der Waals surface area contributed by atoms with Crippen LogP contribution in [0.2, 0.25) is 0 Å². The molecule has 0 fully saturated rings. The number of aromatic nitrogens is 1. The Labute approximate surface area is 99.0 Å². The summed E-state index contributed by atoms with van der Waals surface area (Å²) in [6, 6.07) is 7.76. The van der Waals surface area contributed by atoms with Crippen molar-refractivity contribution in [3.63, 3.8) is 0 Å². The molecule has 3 rings (SSSR count). The lowest BCUT2D eigenvalue weighted by Gasteiger charge is -2.21. The standard InChI is InChI=1S/C13H14N2O2/c1-17-13(16)12-11-9(6-7-14-12)8-4-2-3-5-10(8)15-11/h2-5,12,14-15H,6-7H2,1H3/t12-/m1/s1. The highest BCUT2D eigenvalue weighted by atomic mass is 16.5. The number of esters is 1. The van der Waals surface area contributed by atoms with Crippen LogP contribution in [0, 0.1) is 0 Å². The van der Waals surface area contributed by atoms with Crippen LogP contribution in [0.15, 0.2) is 24.3 Å². The number of ether oxygens (including phenoxy) is 1. The predicted octanol–water partition coefficient (Wildman–Crippen LogP) is 1.53. The summed E-state index contributed by atoms with van der Waals surface area (Å²) in [6.07, 6.45) is 0.937. The van der Waals surface area contributed by atoms with Gasteiger partial charge < -0.3 is 9.72 Å². The van der Waals surface area contributed by atoms with Crippen LogP contribution in [0.3, 0.4) is 0 Å². The lowest BCUT2D eigenvalue weighted by atomic mass is 9.99. The second-order valence-electron chi connectivity index (χ2n) is 4.22. The molecule has 0 bridgehead atoms. The first-order valence-corrected chi connectivity index (χ1v) is 5.72. The number of benzene rings is 1. The SMILES string of the molecule is COC(=O)[C@@H]1NCCc2c1[nH]c1ccccc21. The van der Waals surface area contributed by atoms with Crippen molar-refractivity contribution in [2.45, 2.75) is 12.5 Å². The number of para-hydroxylation sites is 1. The van der Waals surface area contributed by atoms with Gasteiger partial charge in [-0.3, -0.25) is 5.32 Å². The van der Waals surface area contributed by atoms with Crippen LogP contribution >= 0.6 is 0 Å². The Bertz CT molecular complexity index is 574. The zero-order valence-corrected chi connectivity index (χ0v) is 9.62. The van der Waals surface area contributed by atoms with E-state index >= 15 is 0 Å². The maximum Gasteiger partial charge on any atom is 0.329 e. The summed E-state index contributed by atoms with van der Waals surface area (Å²) in [6.45, 7) is 0.800. The smallest absolute Gasteiger partial charge is 0.329 e. The van der Waals surface area contributed by atoms with Gasteiger partial charge in [-0.25, -0.2) is 4.79 Å². The summed E-state index contributed by atoms with van der Waals surface area (Å²) < 4.78 is 4.82. The number of hydrogen-bond donors (Lipinski definition) is 2. The predicted molar refractivity (Wildman–Crippen MR) is 64.8 cm³/mol. The number of H-pyrrole nitrogens is 1. The van der Waals surface area contributed by atoms with E-state index in [1.54, 1.807) is 0 Å². The summed E-state index contributed by atoms with van der Waals surface area (Å²) in [4.78, 5) is 15.0. The van der Waals surface area contributed by atoms with E-state index in [1.165, 1.54) is 18.1 Å². The molecule has 1 atom stereocenters. The second kappa shape index (κ2) is 3.89. The number of aromatic amines is 1. The maximum atomic E-state index is 11.7. The van der Waals surface area contributed by atoms with Crippen LogP contribution in [-0.2, 0) is 16.0 Å². The summed E-state index contributed by atoms with van der Waals surface area (Å²) in [5, 5.41) is 4.39. The van der Waals surface area contributed by atoms with Gasteiger partial charge in [-0.2, -0.15) is 0 Å². The fourth-order valence-corrected chi connectivity index (χ4v) is 2.50. The lowest BCUT2D eigenvalue weighted by molar-refractivity contribution is -0.143. The van der Waals surface area contributed by atoms with Gasteiger partial charge in [0.25, 0.3) is 0 Å². The van der Waals surface area contributed by atoms with E-state index in [0.29, 0.717) is 0 Å². The summed E-state index contributed by atoms with van der Waals surface area (Å²) in [5.74, 6) is -0.238. The molecule has 17 heavy (non-hydrogen) atoms. The zero-order chi connectivity index (χ0) is 11.8. The van der Waals surface area contributed by atoms with Gasteiger partial charge in [0.1, 0.15) is 6.04 Å². The molecule has 0 radical (unpaired) electrons. The molecule has 1 aliphatic heterocycles. The first-order valence-electron chi connectivity index (χ1n) is 5.72. The number of carbonyl (C=O) groups is 1. The lowest BCUT2D eigenvalue weighted by Crippen LogP contribution is -2.35. The van der Waals surface area contributed by atoms with E-state index in [9.17, 15) is 4.79 Å². The Balaban J connectivity index is 2.17. The molecule has 1 aromatic carbocycles. The van der Waals surface area contributed by atoms with E-state index in [-0.39, 0.29) is 12.0 Å². The van der Waals surface area contributed by atoms with E-state index in [2.05, 4.69) is 16.4 Å². The van der Waals surface area contributed by atoms with Crippen LogP contribution in [0.25, 0.3) is 10.9 Å². The fraction of sp³-hybridized carbons (Fsp3) is 0.308. The van der Waals surface area contributed by atoms with Gasteiger partial charge in [0, 0.05) is 23.1 Å². The van der Waals surface area contributed by atoms with Crippen molar-refractivity contribution < 1.29 is 9.53 Å². The van der Waals surface area contributed by atoms with Crippen molar-refractivity contribution >= 4 is 16.9 Å². The molecule has 4 heteroatoms. The van der Waals surface area contributed by atoms with Crippen molar-refractivity contribution in [3.05, 3.63) is 35.5 Å². The highest BCUT2D eigenvalue weighted by Crippen LogP contribution is 2.30. The Morgan fingerprint density at radius 3 is 3.06 bits per heavy atom. The highest BCUT2D eigenvalue weighted by molar-refractivity contribution is 5.88. The van der Waals surface area contributed by atoms with Gasteiger partial charge in [0.15, 0.2) is 0 Å². The number of hydrogen-bond acceptors (Lipinski definition) is 3. The Morgan fingerprint density at radius 2 is 2.24 bits per heavy atom. The molecule has 2 aromatic rings. The van der Waals surface area contributed by atoms with Gasteiger partial charge in [-0.1, -0.05) is 18.2 Å². The average Bonchev–Trinajstić information content (AvgIpc) is 2.76. The molecule has 0 saturated carbocycles. The Morgan fingerprint density at radius 1 is 1.41 bits per heavy atom. The van der Waals surface area contributed by atoms with Crippen molar-refractivity contribution in [1.29, 1.82) is 0 Å². The highest BCUT2D eigenvalue weighted by Gasteiger charge is 2.29. The van der Waals surface area contributed by atoms with Gasteiger partial charge >= 0.3 is 5.97 Å². The number of rotatable bonds is 1. The van der Waals surface area contributed by atoms with Gasteiger partial charge in [-0.05, 0) is 18.1 Å². The molecule has 2 N–H and O–H groups in total. The largest absolute Gasteiger partial charge is 0.468 e. The number of carbonyl (C=O) groups excluding carboxylic acids is 1. The van der Waals surface area contributed by atoms with E-state index in [4.69, 9.17) is 4.74 Å². The Hall–Kier alpha value is -1.81. The van der Waals surface area contributed by atoms with Crippen LogP contribution < -0.4 is 5.32 Å². The summed E-state index contributed by atoms with van der Waals surface area (Å²) >= 11 is 0. The molecule has 2 heterocycles. The third-order valence-electron chi connectivity index (χ3n) is 3.30. The molecule has 0 amide bonds. The molecular weight excluding hydrogens is 216 g/mol. The molecule has 0 unspecified atom stereocenters. The first kappa shape index (κ1) is 10.4. The third kappa shape index (κ3) is 1.52. The van der Waals surface area contributed by atoms with Crippen LogP contribution in [0.1, 0.15) is 17.3 Å². The molecular formula is C13H14N2O2. The zero-order valence-electron chi connectivity index (χ0n) is 9.62. The van der Waals surface area contributed by atoms with E-state index in [1.807, 2.05) is 18.2 Å². The average molecular weight is 230 g/mol. The van der Waals surface area contributed by atoms with Crippen molar-refractivity contribution in [2.24, 2.45) is 0 Å². The van der Waals surface area contributed by atoms with Gasteiger partial charge in [0.2, 0.25) is 0 Å². The minimum Gasteiger partial charge on any atom is -0.468 e. The molecule has 0 spiro atoms. The molecule has 88 valence electrons. The molecule has 0 saturated heterocycles. The Kier molecular flexibility index (Phi) is 2.37. The molecule has 4 nitrogen and oxygen atoms in total. The quantitative estimate of drug-likeness (QED) is 0.730. The third-order valence-corrected chi connectivity index (χ3v) is 3.30. The maximum absolute atomic E-state index is 11.7. The van der Waals surface area contributed by atoms with Crippen molar-refractivity contribution in [2.75, 3.05) is 13.7 Å². The van der Waals surface area contributed by atoms with E-state index in [0.717, 1.165) is 24.2 Å². The number of methoxy groups -OCH3 is 1. The molecule has 1 aromatic heterocycles. The number of nitrogens with one attached hydrogen (secondary N) is 2. The second-order valence-corrected chi connectivity index (χ2v) is 4.22. The van der Waals surface area contributed by atoms with Crippen LogP contribution in [-0.4, -0.2) is 24.6 Å². The molecule has 0 aliphatic carbocycles. The normalized spacial score (nSPS) is 19.0. The summed E-state index contributed by atoms with van der Waals surface area (Å²) in [5.41, 5.74) is 3.26. The fourth-order valence-electron chi connectivity index (χ4n) is 2.50. The first-order chi connectivity index (χ1) is 8.31. The van der Waals surface area contributed by atoms with Crippen molar-refractivity contribution in [1.82, 2.24) is 10.3 Å². The van der Waals surface area contributed by atoms with Crippen LogP contribution in [0.5, 0.6) is 0 Å². The van der Waals surface area contributed by atoms with Gasteiger partial charge in [-0.15, -0.1) is 0 Å². The molecule has 1 aliphatic rings. The minimum absolute atomic E-state index is 0.238. The van der Waals surface area contributed by atoms with Crippen LogP contribution in [0.4, 0.5) is 0 Å².